The summed E-state index contributed by atoms with van der Waals surface area (Å²) in [5.41, 5.74) is 6.48. The van der Waals surface area contributed by atoms with Gasteiger partial charge in [-0.05, 0) is 30.5 Å². The Labute approximate surface area is 127 Å². The van der Waals surface area contributed by atoms with Crippen LogP contribution in [0.15, 0.2) is 22.7 Å². The number of carbonyl (C=O) groups excluding carboxylic acids is 1. The van der Waals surface area contributed by atoms with Crippen LogP contribution in [0.2, 0.25) is 5.02 Å². The first-order valence-electron chi connectivity index (χ1n) is 6.75. The van der Waals surface area contributed by atoms with Gasteiger partial charge in [-0.25, -0.2) is 0 Å². The van der Waals surface area contributed by atoms with Crippen LogP contribution < -0.4 is 5.73 Å². The van der Waals surface area contributed by atoms with Crippen LogP contribution in [0.1, 0.15) is 37.7 Å². The lowest BCUT2D eigenvalue weighted by Crippen LogP contribution is -2.41. The normalized spacial score (nSPS) is 18.3. The molecule has 1 fully saturated rings. The van der Waals surface area contributed by atoms with E-state index in [1.165, 1.54) is 6.42 Å². The van der Waals surface area contributed by atoms with Crippen molar-refractivity contribution in [1.82, 2.24) is 0 Å². The van der Waals surface area contributed by atoms with Crippen molar-refractivity contribution in [2.24, 2.45) is 11.1 Å². The molecule has 104 valence electrons. The average Bonchev–Trinajstić information content (AvgIpc) is 2.42. The Kier molecular flexibility index (Phi) is 5.04. The smallest absolute Gasteiger partial charge is 0.144 e. The van der Waals surface area contributed by atoms with Crippen molar-refractivity contribution in [3.05, 3.63) is 33.3 Å². The molecule has 1 aliphatic carbocycles. The average molecular weight is 345 g/mol. The summed E-state index contributed by atoms with van der Waals surface area (Å²) >= 11 is 9.56. The molecule has 0 radical (unpaired) electrons. The maximum Gasteiger partial charge on any atom is 0.144 e. The van der Waals surface area contributed by atoms with Gasteiger partial charge in [-0.15, -0.1) is 0 Å². The van der Waals surface area contributed by atoms with Gasteiger partial charge in [-0.2, -0.15) is 0 Å². The molecule has 1 aromatic carbocycles. The molecule has 0 bridgehead atoms. The van der Waals surface area contributed by atoms with Crippen molar-refractivity contribution < 1.29 is 4.79 Å². The van der Waals surface area contributed by atoms with E-state index in [0.29, 0.717) is 18.0 Å². The van der Waals surface area contributed by atoms with Crippen LogP contribution >= 0.6 is 27.5 Å². The second-order valence-electron chi connectivity index (χ2n) is 5.38. The molecule has 4 heteroatoms. The van der Waals surface area contributed by atoms with E-state index in [2.05, 4.69) is 15.9 Å². The summed E-state index contributed by atoms with van der Waals surface area (Å²) in [7, 11) is 0. The van der Waals surface area contributed by atoms with Crippen LogP contribution in [0, 0.1) is 5.41 Å². The largest absolute Gasteiger partial charge is 0.329 e. The Balaban J connectivity index is 2.15. The molecule has 0 aromatic heterocycles. The van der Waals surface area contributed by atoms with Crippen molar-refractivity contribution >= 4 is 33.3 Å². The second-order valence-corrected chi connectivity index (χ2v) is 6.70. The number of rotatable bonds is 4. The van der Waals surface area contributed by atoms with Gasteiger partial charge in [0.05, 0.1) is 0 Å². The van der Waals surface area contributed by atoms with Gasteiger partial charge in [-0.3, -0.25) is 4.79 Å². The van der Waals surface area contributed by atoms with E-state index in [-0.39, 0.29) is 11.2 Å². The van der Waals surface area contributed by atoms with Crippen molar-refractivity contribution in [2.75, 3.05) is 6.54 Å². The van der Waals surface area contributed by atoms with Crippen LogP contribution in [-0.2, 0) is 11.2 Å². The molecule has 2 N–H and O–H groups in total. The lowest BCUT2D eigenvalue weighted by Gasteiger charge is -2.34. The summed E-state index contributed by atoms with van der Waals surface area (Å²) in [4.78, 5) is 12.6. The zero-order valence-corrected chi connectivity index (χ0v) is 13.3. The highest BCUT2D eigenvalue weighted by Crippen LogP contribution is 2.37. The third kappa shape index (κ3) is 3.39. The van der Waals surface area contributed by atoms with E-state index in [1.807, 2.05) is 18.2 Å². The van der Waals surface area contributed by atoms with Gasteiger partial charge in [0, 0.05) is 27.9 Å². The molecule has 0 unspecified atom stereocenters. The molecule has 1 aromatic rings. The number of ketones is 1. The van der Waals surface area contributed by atoms with Gasteiger partial charge in [0.2, 0.25) is 0 Å². The topological polar surface area (TPSA) is 43.1 Å². The first-order chi connectivity index (χ1) is 9.07. The molecule has 19 heavy (non-hydrogen) atoms. The van der Waals surface area contributed by atoms with E-state index in [4.69, 9.17) is 17.3 Å². The van der Waals surface area contributed by atoms with Crippen molar-refractivity contribution in [1.29, 1.82) is 0 Å². The lowest BCUT2D eigenvalue weighted by atomic mass is 9.70. The number of halogens is 2. The molecular weight excluding hydrogens is 326 g/mol. The van der Waals surface area contributed by atoms with Crippen LogP contribution in [0.5, 0.6) is 0 Å². The van der Waals surface area contributed by atoms with Gasteiger partial charge in [0.1, 0.15) is 5.78 Å². The fourth-order valence-corrected chi connectivity index (χ4v) is 3.59. The first-order valence-corrected chi connectivity index (χ1v) is 7.92. The van der Waals surface area contributed by atoms with Gasteiger partial charge in [0.25, 0.3) is 0 Å². The van der Waals surface area contributed by atoms with E-state index >= 15 is 0 Å². The van der Waals surface area contributed by atoms with Gasteiger partial charge in [-0.1, -0.05) is 52.9 Å². The van der Waals surface area contributed by atoms with Crippen molar-refractivity contribution in [3.63, 3.8) is 0 Å². The number of Topliss-reactive ketones (excluding diaryl/α,β-unsaturated/α-hetero) is 1. The monoisotopic (exact) mass is 343 g/mol. The number of nitrogens with two attached hydrogens (primary N) is 1. The number of carbonyl (C=O) groups is 1. The van der Waals surface area contributed by atoms with Crippen LogP contribution in [0.3, 0.4) is 0 Å². The SMILES string of the molecule is NCC1(C(=O)Cc2ccc(Br)cc2Cl)CCCCC1. The predicted molar refractivity (Wildman–Crippen MR) is 82.4 cm³/mol. The highest BCUT2D eigenvalue weighted by molar-refractivity contribution is 9.10. The van der Waals surface area contributed by atoms with Crippen LogP contribution in [0.4, 0.5) is 0 Å². The van der Waals surface area contributed by atoms with E-state index in [1.54, 1.807) is 0 Å². The van der Waals surface area contributed by atoms with E-state index in [0.717, 1.165) is 35.7 Å². The number of hydrogen-bond acceptors (Lipinski definition) is 2. The van der Waals surface area contributed by atoms with Gasteiger partial charge >= 0.3 is 0 Å². The molecule has 0 spiro atoms. The molecule has 0 atom stereocenters. The summed E-state index contributed by atoms with van der Waals surface area (Å²) in [6.45, 7) is 0.458. The molecule has 2 rings (SSSR count). The number of hydrogen-bond donors (Lipinski definition) is 1. The molecule has 1 saturated carbocycles. The quantitative estimate of drug-likeness (QED) is 0.892. The summed E-state index contributed by atoms with van der Waals surface area (Å²) in [6.07, 6.45) is 5.68. The Bertz CT molecular complexity index is 469. The Morgan fingerprint density at radius 2 is 2.00 bits per heavy atom. The predicted octanol–water partition coefficient (Wildman–Crippen LogP) is 4.12. The minimum atomic E-state index is -0.311. The van der Waals surface area contributed by atoms with Gasteiger partial charge in [0.15, 0.2) is 0 Å². The fraction of sp³-hybridized carbons (Fsp3) is 0.533. The lowest BCUT2D eigenvalue weighted by molar-refractivity contribution is -0.129. The van der Waals surface area contributed by atoms with Crippen LogP contribution in [-0.4, -0.2) is 12.3 Å². The third-order valence-corrected chi connectivity index (χ3v) is 5.00. The van der Waals surface area contributed by atoms with E-state index < -0.39 is 0 Å². The summed E-state index contributed by atoms with van der Waals surface area (Å²) in [6, 6.07) is 5.67. The zero-order valence-electron chi connectivity index (χ0n) is 10.9. The number of benzene rings is 1. The van der Waals surface area contributed by atoms with Crippen LogP contribution in [0.25, 0.3) is 0 Å². The summed E-state index contributed by atoms with van der Waals surface area (Å²) in [5, 5.41) is 0.644. The Morgan fingerprint density at radius 1 is 1.32 bits per heavy atom. The first kappa shape index (κ1) is 15.0. The summed E-state index contributed by atoms with van der Waals surface area (Å²) < 4.78 is 0.930. The second kappa shape index (κ2) is 6.38. The van der Waals surface area contributed by atoms with Crippen molar-refractivity contribution in [3.8, 4) is 0 Å². The zero-order chi connectivity index (χ0) is 13.9. The third-order valence-electron chi connectivity index (χ3n) is 4.16. The fourth-order valence-electron chi connectivity index (χ4n) is 2.85. The maximum atomic E-state index is 12.6. The minimum Gasteiger partial charge on any atom is -0.329 e. The van der Waals surface area contributed by atoms with Gasteiger partial charge < -0.3 is 5.73 Å². The molecule has 0 heterocycles. The Morgan fingerprint density at radius 3 is 2.58 bits per heavy atom. The molecule has 0 saturated heterocycles. The molecule has 2 nitrogen and oxygen atoms in total. The molecular formula is C15H19BrClNO. The van der Waals surface area contributed by atoms with Crippen molar-refractivity contribution in [2.45, 2.75) is 38.5 Å². The minimum absolute atomic E-state index is 0.249. The molecule has 1 aliphatic rings. The maximum absolute atomic E-state index is 12.6. The highest BCUT2D eigenvalue weighted by Gasteiger charge is 2.37. The standard InChI is InChI=1S/C15H19BrClNO/c16-12-5-4-11(13(17)9-12)8-14(19)15(10-18)6-2-1-3-7-15/h4-5,9H,1-3,6-8,10,18H2. The summed E-state index contributed by atoms with van der Waals surface area (Å²) in [5.74, 6) is 0.249. The Hall–Kier alpha value is -0.380. The molecule has 0 aliphatic heterocycles. The van der Waals surface area contributed by atoms with E-state index in [9.17, 15) is 4.79 Å². The molecule has 0 amide bonds. The highest BCUT2D eigenvalue weighted by atomic mass is 79.9.